The third-order valence-corrected chi connectivity index (χ3v) is 7.69. The molecule has 3 amide bonds. The van der Waals surface area contributed by atoms with E-state index in [9.17, 15) is 14.4 Å². The van der Waals surface area contributed by atoms with E-state index in [0.29, 0.717) is 6.54 Å². The molecule has 1 aromatic heterocycles. The molecule has 2 fully saturated rings. The molecule has 36 heavy (non-hydrogen) atoms. The van der Waals surface area contributed by atoms with Crippen LogP contribution in [-0.2, 0) is 17.9 Å². The Hall–Kier alpha value is -3.36. The van der Waals surface area contributed by atoms with Gasteiger partial charge in [0.15, 0.2) is 5.69 Å². The number of hydrogen-bond donors (Lipinski definition) is 2. The summed E-state index contributed by atoms with van der Waals surface area (Å²) in [6.45, 7) is 2.40. The lowest BCUT2D eigenvalue weighted by atomic mass is 9.93. The Balaban J connectivity index is 1.34. The first kappa shape index (κ1) is 24.3. The van der Waals surface area contributed by atoms with Crippen LogP contribution in [0, 0.1) is 0 Å². The van der Waals surface area contributed by atoms with Gasteiger partial charge >= 0.3 is 0 Å². The summed E-state index contributed by atoms with van der Waals surface area (Å²) in [6.07, 6.45) is 9.73. The fourth-order valence-electron chi connectivity index (χ4n) is 5.51. The molecule has 5 rings (SSSR count). The number of nitrogens with one attached hydrogen (secondary N) is 2. The average molecular weight is 494 g/mol. The van der Waals surface area contributed by atoms with Crippen LogP contribution in [0.2, 0.25) is 0 Å². The summed E-state index contributed by atoms with van der Waals surface area (Å²) in [7, 11) is 1.61. The molecule has 1 atom stereocenters. The summed E-state index contributed by atoms with van der Waals surface area (Å²) in [5, 5.41) is 6.12. The Morgan fingerprint density at radius 1 is 1.08 bits per heavy atom. The first-order chi connectivity index (χ1) is 17.4. The molecule has 192 valence electrons. The van der Waals surface area contributed by atoms with Crippen LogP contribution >= 0.6 is 0 Å². The van der Waals surface area contributed by atoms with Crippen molar-refractivity contribution in [1.29, 1.82) is 0 Å². The van der Waals surface area contributed by atoms with Gasteiger partial charge in [0.05, 0.1) is 20.0 Å². The Kier molecular flexibility index (Phi) is 6.73. The van der Waals surface area contributed by atoms with Crippen molar-refractivity contribution in [3.63, 3.8) is 0 Å². The predicted molar refractivity (Wildman–Crippen MR) is 134 cm³/mol. The molecule has 2 aromatic rings. The van der Waals surface area contributed by atoms with Crippen molar-refractivity contribution in [2.75, 3.05) is 7.11 Å². The normalized spacial score (nSPS) is 22.5. The van der Waals surface area contributed by atoms with Gasteiger partial charge in [-0.15, -0.1) is 0 Å². The van der Waals surface area contributed by atoms with Gasteiger partial charge in [-0.1, -0.05) is 37.8 Å². The van der Waals surface area contributed by atoms with E-state index < -0.39 is 5.54 Å². The molecular weight excluding hydrogens is 458 g/mol. The zero-order valence-corrected chi connectivity index (χ0v) is 21.1. The van der Waals surface area contributed by atoms with Crippen molar-refractivity contribution in [2.45, 2.75) is 89.0 Å². The van der Waals surface area contributed by atoms with Crippen molar-refractivity contribution in [3.05, 3.63) is 47.5 Å². The van der Waals surface area contributed by atoms with Crippen molar-refractivity contribution in [3.8, 4) is 5.75 Å². The summed E-state index contributed by atoms with van der Waals surface area (Å²) >= 11 is 0. The van der Waals surface area contributed by atoms with Crippen LogP contribution in [0.4, 0.5) is 0 Å². The third kappa shape index (κ3) is 4.70. The lowest BCUT2D eigenvalue weighted by Crippen LogP contribution is -2.64. The molecular formula is C27H35N5O4. The number of rotatable bonds is 7. The number of amides is 3. The van der Waals surface area contributed by atoms with Gasteiger partial charge in [-0.05, 0) is 50.3 Å². The zero-order chi connectivity index (χ0) is 25.3. The lowest BCUT2D eigenvalue weighted by Gasteiger charge is -2.44. The molecule has 2 heterocycles. The average Bonchev–Trinajstić information content (AvgIpc) is 3.66. The van der Waals surface area contributed by atoms with Crippen molar-refractivity contribution >= 4 is 17.7 Å². The van der Waals surface area contributed by atoms with Crippen LogP contribution in [0.1, 0.15) is 84.8 Å². The third-order valence-electron chi connectivity index (χ3n) is 7.69. The molecule has 0 radical (unpaired) electrons. The van der Waals surface area contributed by atoms with E-state index in [1.54, 1.807) is 23.5 Å². The van der Waals surface area contributed by atoms with Gasteiger partial charge in [-0.25, -0.2) is 4.98 Å². The summed E-state index contributed by atoms with van der Waals surface area (Å²) in [5.41, 5.74) is 0.311. The first-order valence-electron chi connectivity index (χ1n) is 13.0. The molecule has 2 aliphatic carbocycles. The molecule has 9 nitrogen and oxygen atoms in total. The van der Waals surface area contributed by atoms with Gasteiger partial charge < -0.3 is 24.8 Å². The zero-order valence-electron chi connectivity index (χ0n) is 21.1. The number of carbonyl (C=O) groups is 3. The largest absolute Gasteiger partial charge is 0.497 e. The molecule has 1 aliphatic heterocycles. The van der Waals surface area contributed by atoms with Crippen LogP contribution in [-0.4, -0.2) is 56.9 Å². The van der Waals surface area contributed by atoms with Gasteiger partial charge in [0.25, 0.3) is 11.8 Å². The first-order valence-corrected chi connectivity index (χ1v) is 13.0. The Bertz CT molecular complexity index is 1130. The molecule has 9 heteroatoms. The van der Waals surface area contributed by atoms with Gasteiger partial charge in [-0.3, -0.25) is 14.4 Å². The highest BCUT2D eigenvalue weighted by Crippen LogP contribution is 2.39. The Morgan fingerprint density at radius 2 is 1.78 bits per heavy atom. The topological polar surface area (TPSA) is 106 Å². The second-order valence-electron chi connectivity index (χ2n) is 10.4. The highest BCUT2D eigenvalue weighted by atomic mass is 16.5. The van der Waals surface area contributed by atoms with Crippen LogP contribution < -0.4 is 15.4 Å². The molecule has 2 saturated carbocycles. The summed E-state index contributed by atoms with van der Waals surface area (Å²) < 4.78 is 6.87. The van der Waals surface area contributed by atoms with Crippen molar-refractivity contribution < 1.29 is 19.1 Å². The fourth-order valence-corrected chi connectivity index (χ4v) is 5.51. The monoisotopic (exact) mass is 493 g/mol. The van der Waals surface area contributed by atoms with E-state index in [-0.39, 0.29) is 47.7 Å². The lowest BCUT2D eigenvalue weighted by molar-refractivity contribution is -0.133. The standard InChI is InChI=1S/C27H35N5O4/c1-27(26(35)28-15-18-9-13-21(36-2)14-10-18)16-31-17-29-22(23(31)25(34)32(27)20-11-12-20)24(33)30-19-7-5-3-4-6-8-19/h9-10,13-14,17,19-20H,3-8,11-12,15-16H2,1-2H3,(H,28,35)(H,30,33). The van der Waals surface area contributed by atoms with E-state index in [2.05, 4.69) is 15.6 Å². The highest BCUT2D eigenvalue weighted by molar-refractivity contribution is 6.07. The number of methoxy groups -OCH3 is 1. The van der Waals surface area contributed by atoms with E-state index in [4.69, 9.17) is 4.74 Å². The van der Waals surface area contributed by atoms with Gasteiger partial charge in [0, 0.05) is 18.6 Å². The number of ether oxygens (including phenoxy) is 1. The van der Waals surface area contributed by atoms with Gasteiger partial charge in [-0.2, -0.15) is 0 Å². The molecule has 0 saturated heterocycles. The number of hydrogen-bond acceptors (Lipinski definition) is 5. The van der Waals surface area contributed by atoms with Crippen molar-refractivity contribution in [1.82, 2.24) is 25.1 Å². The SMILES string of the molecule is COc1ccc(CNC(=O)C2(C)Cn3cnc(C(=O)NC4CCCCCC4)c3C(=O)N2C2CC2)cc1. The number of benzene rings is 1. The molecule has 0 bridgehead atoms. The fraction of sp³-hybridized carbons (Fsp3) is 0.556. The Morgan fingerprint density at radius 3 is 2.42 bits per heavy atom. The minimum Gasteiger partial charge on any atom is -0.497 e. The Labute approximate surface area is 211 Å². The molecule has 1 aromatic carbocycles. The van der Waals surface area contributed by atoms with E-state index in [0.717, 1.165) is 49.8 Å². The smallest absolute Gasteiger partial charge is 0.274 e. The summed E-state index contributed by atoms with van der Waals surface area (Å²) in [6, 6.07) is 7.62. The highest BCUT2D eigenvalue weighted by Gasteiger charge is 2.53. The minimum atomic E-state index is -1.08. The maximum atomic E-state index is 13.8. The van der Waals surface area contributed by atoms with E-state index in [1.165, 1.54) is 19.2 Å². The van der Waals surface area contributed by atoms with Crippen LogP contribution in [0.3, 0.4) is 0 Å². The number of aromatic nitrogens is 2. The summed E-state index contributed by atoms with van der Waals surface area (Å²) in [5.74, 6) is -0.0645. The molecule has 2 N–H and O–H groups in total. The maximum absolute atomic E-state index is 13.8. The van der Waals surface area contributed by atoms with Crippen LogP contribution in [0.25, 0.3) is 0 Å². The second-order valence-corrected chi connectivity index (χ2v) is 10.4. The molecule has 3 aliphatic rings. The number of imidazole rings is 1. The molecule has 0 spiro atoms. The number of nitrogens with zero attached hydrogens (tertiary/aromatic N) is 3. The number of carbonyl (C=O) groups excluding carboxylic acids is 3. The quantitative estimate of drug-likeness (QED) is 0.577. The van der Waals surface area contributed by atoms with E-state index >= 15 is 0 Å². The van der Waals surface area contributed by atoms with Crippen molar-refractivity contribution in [2.24, 2.45) is 0 Å². The minimum absolute atomic E-state index is 0.00402. The summed E-state index contributed by atoms with van der Waals surface area (Å²) in [4.78, 5) is 46.5. The van der Waals surface area contributed by atoms with E-state index in [1.807, 2.05) is 24.3 Å². The number of fused-ring (bicyclic) bond motifs is 1. The van der Waals surface area contributed by atoms with Crippen LogP contribution in [0.15, 0.2) is 30.6 Å². The van der Waals surface area contributed by atoms with Crippen LogP contribution in [0.5, 0.6) is 5.75 Å². The van der Waals surface area contributed by atoms with Gasteiger partial charge in [0.2, 0.25) is 5.91 Å². The molecule has 1 unspecified atom stereocenters. The van der Waals surface area contributed by atoms with Gasteiger partial charge in [0.1, 0.15) is 17.0 Å². The maximum Gasteiger partial charge on any atom is 0.274 e. The predicted octanol–water partition coefficient (Wildman–Crippen LogP) is 3.04. The second kappa shape index (κ2) is 9.95.